The van der Waals surface area contributed by atoms with Gasteiger partial charge in [-0.3, -0.25) is 9.48 Å². The Morgan fingerprint density at radius 3 is 2.69 bits per heavy atom. The van der Waals surface area contributed by atoms with Gasteiger partial charge in [-0.05, 0) is 93.1 Å². The third-order valence-electron chi connectivity index (χ3n) is 9.92. The Kier molecular flexibility index (Phi) is 4.08. The van der Waals surface area contributed by atoms with Gasteiger partial charge in [-0.15, -0.1) is 0 Å². The summed E-state index contributed by atoms with van der Waals surface area (Å²) in [4.78, 5) is 12.4. The zero-order valence-electron chi connectivity index (χ0n) is 18.7. The van der Waals surface area contributed by atoms with Crippen molar-refractivity contribution in [2.75, 3.05) is 0 Å². The summed E-state index contributed by atoms with van der Waals surface area (Å²) in [6, 6.07) is 0. The van der Waals surface area contributed by atoms with Crippen LogP contribution in [0.5, 0.6) is 0 Å². The van der Waals surface area contributed by atoms with Crippen molar-refractivity contribution >= 4 is 11.9 Å². The zero-order valence-corrected chi connectivity index (χ0v) is 18.7. The van der Waals surface area contributed by atoms with Crippen molar-refractivity contribution in [1.82, 2.24) is 9.78 Å². The van der Waals surface area contributed by atoms with Gasteiger partial charge in [-0.2, -0.15) is 5.10 Å². The number of aromatic nitrogens is 2. The van der Waals surface area contributed by atoms with Gasteiger partial charge in [0.2, 0.25) is 0 Å². The third kappa shape index (κ3) is 2.30. The molecule has 1 heterocycles. The Hall–Kier alpha value is -1.42. The summed E-state index contributed by atoms with van der Waals surface area (Å²) >= 11 is 0. The smallest absolute Gasteiger partial charge is 0.161 e. The maximum Gasteiger partial charge on any atom is 0.161 e. The second-order valence-electron chi connectivity index (χ2n) is 11.0. The predicted octanol–water partition coefficient (Wildman–Crippen LogP) is 4.65. The normalized spacial score (nSPS) is 45.7. The molecule has 0 saturated heterocycles. The predicted molar refractivity (Wildman–Crippen MR) is 114 cm³/mol. The fourth-order valence-corrected chi connectivity index (χ4v) is 8.39. The molecule has 0 spiro atoms. The number of allylic oxidation sites excluding steroid dienone is 1. The van der Waals surface area contributed by atoms with Crippen LogP contribution in [0.15, 0.2) is 11.8 Å². The van der Waals surface area contributed by atoms with Crippen molar-refractivity contribution in [3.63, 3.8) is 0 Å². The first-order valence-corrected chi connectivity index (χ1v) is 11.7. The number of fused-ring (bicyclic) bond motifs is 6. The average Bonchev–Trinajstić information content (AvgIpc) is 3.19. The topological polar surface area (TPSA) is 55.1 Å². The number of Topliss-reactive ketones (excluding diaryl/α,β-unsaturated/α-hetero) is 1. The van der Waals surface area contributed by atoms with E-state index in [1.54, 1.807) is 12.5 Å². The SMILES string of the molecule is CCn1ncc2c1C=C1[C@@H](C)C[C@@H]3[C@H](CC[C@@]4(C)[C@H]3CC[C@]4(O)C(C)=O)[C@@]1(C)C2. The van der Waals surface area contributed by atoms with Crippen LogP contribution in [-0.4, -0.2) is 26.3 Å². The molecule has 0 radical (unpaired) electrons. The van der Waals surface area contributed by atoms with E-state index < -0.39 is 5.60 Å². The third-order valence-corrected chi connectivity index (χ3v) is 9.92. The summed E-state index contributed by atoms with van der Waals surface area (Å²) < 4.78 is 2.14. The molecule has 0 amide bonds. The van der Waals surface area contributed by atoms with Crippen LogP contribution in [0.2, 0.25) is 0 Å². The Balaban J connectivity index is 1.55. The highest BCUT2D eigenvalue weighted by Gasteiger charge is 2.66. The highest BCUT2D eigenvalue weighted by molar-refractivity contribution is 5.86. The summed E-state index contributed by atoms with van der Waals surface area (Å²) in [7, 11) is 0. The van der Waals surface area contributed by atoms with Crippen molar-refractivity contribution < 1.29 is 9.90 Å². The Labute approximate surface area is 174 Å². The molecule has 4 aliphatic rings. The largest absolute Gasteiger partial charge is 0.382 e. The first-order valence-electron chi connectivity index (χ1n) is 11.7. The number of hydrogen-bond acceptors (Lipinski definition) is 3. The molecular weight excluding hydrogens is 360 g/mol. The maximum absolute atomic E-state index is 12.4. The molecule has 3 saturated carbocycles. The molecule has 7 atom stereocenters. The summed E-state index contributed by atoms with van der Waals surface area (Å²) in [5.41, 5.74) is 3.12. The second-order valence-corrected chi connectivity index (χ2v) is 11.0. The first kappa shape index (κ1) is 19.5. The number of ketones is 1. The van der Waals surface area contributed by atoms with E-state index in [0.29, 0.717) is 30.1 Å². The molecule has 0 aromatic carbocycles. The van der Waals surface area contributed by atoms with Crippen molar-refractivity contribution in [1.29, 1.82) is 0 Å². The number of carbonyl (C=O) groups is 1. The van der Waals surface area contributed by atoms with Crippen molar-refractivity contribution in [3.8, 4) is 0 Å². The molecule has 158 valence electrons. The van der Waals surface area contributed by atoms with E-state index in [9.17, 15) is 9.90 Å². The van der Waals surface area contributed by atoms with Gasteiger partial charge < -0.3 is 5.11 Å². The molecule has 5 rings (SSSR count). The van der Waals surface area contributed by atoms with Gasteiger partial charge in [0.15, 0.2) is 5.78 Å². The first-order chi connectivity index (χ1) is 13.7. The standard InChI is InChI=1S/C25H36N2O2/c1-6-27-22-12-21-15(2)11-18-19(23(21,4)13-17(22)14-26-27)7-9-24(5)20(18)8-10-25(24,29)16(3)28/h12,14-15,18-20,29H,6-11,13H2,1-5H3/t15-,18+,19-,20-,23+,24-,25-/m0/s1. The molecule has 0 aliphatic heterocycles. The minimum absolute atomic E-state index is 0.0223. The molecule has 0 bridgehead atoms. The van der Waals surface area contributed by atoms with Gasteiger partial charge >= 0.3 is 0 Å². The monoisotopic (exact) mass is 396 g/mol. The highest BCUT2D eigenvalue weighted by atomic mass is 16.3. The van der Waals surface area contributed by atoms with Crippen molar-refractivity contribution in [2.24, 2.45) is 34.5 Å². The summed E-state index contributed by atoms with van der Waals surface area (Å²) in [6.07, 6.45) is 10.5. The summed E-state index contributed by atoms with van der Waals surface area (Å²) in [5.74, 6) is 2.21. The molecule has 1 N–H and O–H groups in total. The van der Waals surface area contributed by atoms with Crippen LogP contribution >= 0.6 is 0 Å². The minimum atomic E-state index is -1.12. The Bertz CT molecular complexity index is 901. The van der Waals surface area contributed by atoms with Crippen molar-refractivity contribution in [3.05, 3.63) is 23.0 Å². The number of hydrogen-bond donors (Lipinski definition) is 1. The number of aliphatic hydroxyl groups is 1. The summed E-state index contributed by atoms with van der Waals surface area (Å²) in [5, 5.41) is 16.0. The van der Waals surface area contributed by atoms with Crippen LogP contribution in [0.25, 0.3) is 6.08 Å². The van der Waals surface area contributed by atoms with Crippen LogP contribution in [0, 0.1) is 34.5 Å². The molecule has 29 heavy (non-hydrogen) atoms. The summed E-state index contributed by atoms with van der Waals surface area (Å²) in [6.45, 7) is 11.8. The number of aryl methyl sites for hydroxylation is 1. The molecule has 4 heteroatoms. The van der Waals surface area contributed by atoms with E-state index in [2.05, 4.69) is 49.7 Å². The van der Waals surface area contributed by atoms with Crippen LogP contribution in [0.3, 0.4) is 0 Å². The van der Waals surface area contributed by atoms with Gasteiger partial charge in [0, 0.05) is 12.0 Å². The number of rotatable bonds is 2. The van der Waals surface area contributed by atoms with Gasteiger partial charge in [0.05, 0.1) is 11.9 Å². The minimum Gasteiger partial charge on any atom is -0.382 e. The van der Waals surface area contributed by atoms with Gasteiger partial charge in [0.25, 0.3) is 0 Å². The lowest BCUT2D eigenvalue weighted by Crippen LogP contribution is -2.58. The van der Waals surface area contributed by atoms with E-state index >= 15 is 0 Å². The number of nitrogens with zero attached hydrogens (tertiary/aromatic N) is 2. The lowest BCUT2D eigenvalue weighted by atomic mass is 9.44. The Morgan fingerprint density at radius 2 is 2.00 bits per heavy atom. The quantitative estimate of drug-likeness (QED) is 0.791. The van der Waals surface area contributed by atoms with E-state index in [4.69, 9.17) is 0 Å². The second kappa shape index (κ2) is 6.06. The maximum atomic E-state index is 12.4. The van der Waals surface area contributed by atoms with E-state index in [0.717, 1.165) is 32.2 Å². The van der Waals surface area contributed by atoms with Crippen LogP contribution in [0.1, 0.15) is 78.0 Å². The van der Waals surface area contributed by atoms with Gasteiger partial charge in [-0.25, -0.2) is 0 Å². The average molecular weight is 397 g/mol. The molecule has 3 fully saturated rings. The molecule has 4 nitrogen and oxygen atoms in total. The van der Waals surface area contributed by atoms with Crippen molar-refractivity contribution in [2.45, 2.75) is 85.3 Å². The molecule has 1 aromatic heterocycles. The Morgan fingerprint density at radius 1 is 1.28 bits per heavy atom. The molecule has 4 aliphatic carbocycles. The molecule has 0 unspecified atom stereocenters. The van der Waals surface area contributed by atoms with Crippen LogP contribution < -0.4 is 0 Å². The molecular formula is C25H36N2O2. The fourth-order valence-electron chi connectivity index (χ4n) is 8.39. The van der Waals surface area contributed by atoms with Gasteiger partial charge in [-0.1, -0.05) is 26.3 Å². The lowest BCUT2D eigenvalue weighted by Gasteiger charge is -2.60. The lowest BCUT2D eigenvalue weighted by molar-refractivity contribution is -0.160. The van der Waals surface area contributed by atoms with Crippen LogP contribution in [0.4, 0.5) is 0 Å². The van der Waals surface area contributed by atoms with E-state index in [1.165, 1.54) is 17.7 Å². The van der Waals surface area contributed by atoms with E-state index in [-0.39, 0.29) is 16.6 Å². The van der Waals surface area contributed by atoms with E-state index in [1.807, 2.05) is 0 Å². The number of carbonyl (C=O) groups excluding carboxylic acids is 1. The fraction of sp³-hybridized carbons (Fsp3) is 0.760. The highest BCUT2D eigenvalue weighted by Crippen LogP contribution is 2.68. The molecule has 1 aromatic rings. The van der Waals surface area contributed by atoms with Crippen LogP contribution in [-0.2, 0) is 17.8 Å². The zero-order chi connectivity index (χ0) is 20.8. The van der Waals surface area contributed by atoms with Gasteiger partial charge in [0.1, 0.15) is 5.60 Å².